The van der Waals surface area contributed by atoms with E-state index in [1.807, 2.05) is 19.1 Å². The molecule has 1 rings (SSSR count). The van der Waals surface area contributed by atoms with Gasteiger partial charge in [-0.15, -0.1) is 0 Å². The summed E-state index contributed by atoms with van der Waals surface area (Å²) in [5.41, 5.74) is 6.20. The summed E-state index contributed by atoms with van der Waals surface area (Å²) < 4.78 is 0. The van der Waals surface area contributed by atoms with Gasteiger partial charge in [0.25, 0.3) is 0 Å². The van der Waals surface area contributed by atoms with Crippen LogP contribution in [0.25, 0.3) is 0 Å². The molecule has 0 bridgehead atoms. The van der Waals surface area contributed by atoms with Crippen LogP contribution in [0.1, 0.15) is 19.8 Å². The van der Waals surface area contributed by atoms with E-state index in [0.29, 0.717) is 23.6 Å². The van der Waals surface area contributed by atoms with Crippen LogP contribution >= 0.6 is 11.6 Å². The average Bonchev–Trinajstić information content (AvgIpc) is 2.18. The highest BCUT2D eigenvalue weighted by molar-refractivity contribution is 6.33. The molecule has 0 radical (unpaired) electrons. The van der Waals surface area contributed by atoms with E-state index >= 15 is 0 Å². The molecular weight excluding hydrogens is 212 g/mol. The van der Waals surface area contributed by atoms with Crippen molar-refractivity contribution in [3.63, 3.8) is 0 Å². The van der Waals surface area contributed by atoms with Gasteiger partial charge in [-0.05, 0) is 25.5 Å². The predicted octanol–water partition coefficient (Wildman–Crippen LogP) is 2.41. The second-order valence-electron chi connectivity index (χ2n) is 3.54. The molecule has 0 aliphatic carbocycles. The smallest absolute Gasteiger partial charge is 0.224 e. The number of benzene rings is 1. The van der Waals surface area contributed by atoms with E-state index in [1.165, 1.54) is 0 Å². The summed E-state index contributed by atoms with van der Waals surface area (Å²) in [5, 5.41) is 3.29. The van der Waals surface area contributed by atoms with Crippen molar-refractivity contribution in [1.29, 1.82) is 0 Å². The number of amides is 1. The van der Waals surface area contributed by atoms with Crippen LogP contribution in [0.4, 0.5) is 5.69 Å². The zero-order valence-corrected chi connectivity index (χ0v) is 9.42. The molecule has 0 spiro atoms. The minimum absolute atomic E-state index is 0.0435. The lowest BCUT2D eigenvalue weighted by atomic mass is 10.2. The van der Waals surface area contributed by atoms with Crippen LogP contribution in [0.2, 0.25) is 5.02 Å². The molecule has 3 nitrogen and oxygen atoms in total. The maximum Gasteiger partial charge on any atom is 0.224 e. The van der Waals surface area contributed by atoms with Gasteiger partial charge in [0.1, 0.15) is 0 Å². The van der Waals surface area contributed by atoms with Gasteiger partial charge in [-0.3, -0.25) is 4.79 Å². The number of para-hydroxylation sites is 1. The highest BCUT2D eigenvalue weighted by Crippen LogP contribution is 2.20. The van der Waals surface area contributed by atoms with Gasteiger partial charge in [0.05, 0.1) is 10.7 Å². The number of hydrogen-bond acceptors (Lipinski definition) is 2. The number of nitrogens with two attached hydrogens (primary N) is 1. The molecule has 0 saturated heterocycles. The molecular formula is C11H15ClN2O. The Hall–Kier alpha value is -1.06. The van der Waals surface area contributed by atoms with Crippen LogP contribution in [0, 0.1) is 0 Å². The number of hydrogen-bond donors (Lipinski definition) is 2. The summed E-state index contributed by atoms with van der Waals surface area (Å²) in [6.07, 6.45) is 1.10. The molecule has 0 aliphatic rings. The largest absolute Gasteiger partial charge is 0.328 e. The van der Waals surface area contributed by atoms with E-state index in [1.54, 1.807) is 12.1 Å². The fourth-order valence-corrected chi connectivity index (χ4v) is 1.32. The van der Waals surface area contributed by atoms with E-state index in [-0.39, 0.29) is 11.9 Å². The first-order chi connectivity index (χ1) is 7.09. The summed E-state index contributed by atoms with van der Waals surface area (Å²) in [7, 11) is 0. The number of anilines is 1. The Bertz CT molecular complexity index is 339. The van der Waals surface area contributed by atoms with Crippen LogP contribution in [0.3, 0.4) is 0 Å². The van der Waals surface area contributed by atoms with Gasteiger partial charge in [0, 0.05) is 12.5 Å². The van der Waals surface area contributed by atoms with Gasteiger partial charge in [-0.1, -0.05) is 23.7 Å². The minimum atomic E-state index is -0.0552. The standard InChI is InChI=1S/C11H15ClN2O/c1-8(13)6-7-11(15)14-10-5-3-2-4-9(10)12/h2-5,8H,6-7,13H2,1H3,(H,14,15). The highest BCUT2D eigenvalue weighted by atomic mass is 35.5. The molecule has 0 fully saturated rings. The zero-order valence-electron chi connectivity index (χ0n) is 8.66. The van der Waals surface area contributed by atoms with Gasteiger partial charge in [-0.2, -0.15) is 0 Å². The Morgan fingerprint density at radius 1 is 1.53 bits per heavy atom. The number of carbonyl (C=O) groups is 1. The number of carbonyl (C=O) groups excluding carboxylic acids is 1. The van der Waals surface area contributed by atoms with Crippen LogP contribution in [0.5, 0.6) is 0 Å². The summed E-state index contributed by atoms with van der Waals surface area (Å²) in [4.78, 5) is 11.4. The number of nitrogens with one attached hydrogen (secondary N) is 1. The van der Waals surface area contributed by atoms with Crippen molar-refractivity contribution in [3.05, 3.63) is 29.3 Å². The minimum Gasteiger partial charge on any atom is -0.328 e. The molecule has 4 heteroatoms. The maximum absolute atomic E-state index is 11.4. The van der Waals surface area contributed by atoms with Crippen molar-refractivity contribution in [2.75, 3.05) is 5.32 Å². The Morgan fingerprint density at radius 2 is 2.20 bits per heavy atom. The first-order valence-corrected chi connectivity index (χ1v) is 5.27. The lowest BCUT2D eigenvalue weighted by molar-refractivity contribution is -0.116. The van der Waals surface area contributed by atoms with E-state index in [4.69, 9.17) is 17.3 Å². The molecule has 0 heterocycles. The van der Waals surface area contributed by atoms with Gasteiger partial charge in [-0.25, -0.2) is 0 Å². The van der Waals surface area contributed by atoms with Crippen LogP contribution in [-0.4, -0.2) is 11.9 Å². The second-order valence-corrected chi connectivity index (χ2v) is 3.95. The summed E-state index contributed by atoms with van der Waals surface area (Å²) in [6.45, 7) is 1.88. The molecule has 82 valence electrons. The number of halogens is 1. The van der Waals surface area contributed by atoms with Gasteiger partial charge >= 0.3 is 0 Å². The van der Waals surface area contributed by atoms with Crippen molar-refractivity contribution in [2.45, 2.75) is 25.8 Å². The molecule has 15 heavy (non-hydrogen) atoms. The monoisotopic (exact) mass is 226 g/mol. The molecule has 0 saturated carbocycles. The topological polar surface area (TPSA) is 55.1 Å². The van der Waals surface area contributed by atoms with Crippen molar-refractivity contribution in [3.8, 4) is 0 Å². The maximum atomic E-state index is 11.4. The van der Waals surface area contributed by atoms with E-state index in [2.05, 4.69) is 5.32 Å². The third-order valence-electron chi connectivity index (χ3n) is 1.97. The molecule has 1 aromatic rings. The van der Waals surface area contributed by atoms with Crippen LogP contribution < -0.4 is 11.1 Å². The normalized spacial score (nSPS) is 12.2. The Balaban J connectivity index is 2.48. The summed E-state index contributed by atoms with van der Waals surface area (Å²) in [6, 6.07) is 7.20. The highest BCUT2D eigenvalue weighted by Gasteiger charge is 2.05. The summed E-state index contributed by atoms with van der Waals surface area (Å²) in [5.74, 6) is -0.0552. The fourth-order valence-electron chi connectivity index (χ4n) is 1.13. The van der Waals surface area contributed by atoms with Crippen molar-refractivity contribution in [1.82, 2.24) is 0 Å². The zero-order chi connectivity index (χ0) is 11.3. The lowest BCUT2D eigenvalue weighted by Crippen LogP contribution is -2.19. The molecule has 1 unspecified atom stereocenters. The quantitative estimate of drug-likeness (QED) is 0.829. The van der Waals surface area contributed by atoms with E-state index < -0.39 is 0 Å². The van der Waals surface area contributed by atoms with Gasteiger partial charge < -0.3 is 11.1 Å². The molecule has 1 atom stereocenters. The SMILES string of the molecule is CC(N)CCC(=O)Nc1ccccc1Cl. The third-order valence-corrected chi connectivity index (χ3v) is 2.30. The van der Waals surface area contributed by atoms with Gasteiger partial charge in [0.15, 0.2) is 0 Å². The summed E-state index contributed by atoms with van der Waals surface area (Å²) >= 11 is 5.89. The van der Waals surface area contributed by atoms with E-state index in [0.717, 1.165) is 0 Å². The van der Waals surface area contributed by atoms with Crippen LogP contribution in [0.15, 0.2) is 24.3 Å². The Kier molecular flexibility index (Phi) is 4.59. The van der Waals surface area contributed by atoms with Crippen molar-refractivity contribution >= 4 is 23.2 Å². The average molecular weight is 227 g/mol. The molecule has 1 aromatic carbocycles. The van der Waals surface area contributed by atoms with Crippen LogP contribution in [-0.2, 0) is 4.79 Å². The second kappa shape index (κ2) is 5.73. The Morgan fingerprint density at radius 3 is 2.80 bits per heavy atom. The Labute approximate surface area is 94.6 Å². The first kappa shape index (κ1) is 12.0. The third kappa shape index (κ3) is 4.32. The van der Waals surface area contributed by atoms with Gasteiger partial charge in [0.2, 0.25) is 5.91 Å². The number of rotatable bonds is 4. The predicted molar refractivity (Wildman–Crippen MR) is 63.0 cm³/mol. The van der Waals surface area contributed by atoms with Crippen molar-refractivity contribution < 1.29 is 4.79 Å². The fraction of sp³-hybridized carbons (Fsp3) is 0.364. The lowest BCUT2D eigenvalue weighted by Gasteiger charge is -2.07. The van der Waals surface area contributed by atoms with Crippen molar-refractivity contribution in [2.24, 2.45) is 5.73 Å². The molecule has 0 aliphatic heterocycles. The first-order valence-electron chi connectivity index (χ1n) is 4.89. The van der Waals surface area contributed by atoms with E-state index in [9.17, 15) is 4.79 Å². The molecule has 0 aromatic heterocycles. The molecule has 1 amide bonds. The molecule has 3 N–H and O–H groups in total.